The van der Waals surface area contributed by atoms with E-state index in [2.05, 4.69) is 10.6 Å². The van der Waals surface area contributed by atoms with Crippen LogP contribution in [0, 0.1) is 0 Å². The number of carbonyl (C=O) groups is 2. The van der Waals surface area contributed by atoms with Crippen LogP contribution in [0.15, 0.2) is 24.3 Å². The summed E-state index contributed by atoms with van der Waals surface area (Å²) in [6, 6.07) is 6.18. The number of rotatable bonds is 5. The van der Waals surface area contributed by atoms with Crippen LogP contribution in [0.1, 0.15) is 29.8 Å². The third kappa shape index (κ3) is 4.97. The fourth-order valence-electron chi connectivity index (χ4n) is 1.38. The van der Waals surface area contributed by atoms with E-state index in [-0.39, 0.29) is 12.5 Å². The summed E-state index contributed by atoms with van der Waals surface area (Å²) in [5.41, 5.74) is 5.64. The number of amides is 3. The van der Waals surface area contributed by atoms with Crippen LogP contribution in [0.25, 0.3) is 0 Å². The molecule has 0 aliphatic heterocycles. The van der Waals surface area contributed by atoms with Crippen LogP contribution < -0.4 is 16.4 Å². The van der Waals surface area contributed by atoms with E-state index in [0.717, 1.165) is 5.56 Å². The Balaban J connectivity index is 2.65. The number of aliphatic hydroxyl groups is 1. The van der Waals surface area contributed by atoms with Crippen molar-refractivity contribution < 1.29 is 14.7 Å². The molecule has 0 aliphatic rings. The van der Waals surface area contributed by atoms with Crippen LogP contribution in [0.2, 0.25) is 0 Å². The summed E-state index contributed by atoms with van der Waals surface area (Å²) in [6.45, 7) is 3.64. The lowest BCUT2D eigenvalue weighted by molar-refractivity contribution is 0.0869. The minimum absolute atomic E-state index is 0.140. The SMILES string of the molecule is CC(C)(CO)NC(=O)c1ccc(CNC(N)=O)cc1. The molecule has 0 atom stereocenters. The van der Waals surface area contributed by atoms with E-state index in [4.69, 9.17) is 10.8 Å². The molecule has 0 aliphatic carbocycles. The Labute approximate surface area is 112 Å². The Kier molecular flexibility index (Phi) is 4.88. The third-order valence-electron chi connectivity index (χ3n) is 2.53. The number of nitrogens with one attached hydrogen (secondary N) is 2. The first-order valence-corrected chi connectivity index (χ1v) is 5.90. The predicted molar refractivity (Wildman–Crippen MR) is 71.5 cm³/mol. The molecule has 0 aromatic heterocycles. The molecule has 104 valence electrons. The van der Waals surface area contributed by atoms with E-state index in [1.807, 2.05) is 0 Å². The molecule has 0 bridgehead atoms. The molecule has 0 spiro atoms. The molecule has 1 rings (SSSR count). The molecular formula is C13H19N3O3. The monoisotopic (exact) mass is 265 g/mol. The minimum Gasteiger partial charge on any atom is -0.394 e. The van der Waals surface area contributed by atoms with Gasteiger partial charge in [0.15, 0.2) is 0 Å². The number of hydrogen-bond acceptors (Lipinski definition) is 3. The summed E-state index contributed by atoms with van der Waals surface area (Å²) in [6.07, 6.45) is 0. The first-order chi connectivity index (χ1) is 8.84. The number of benzene rings is 1. The molecule has 3 amide bonds. The molecule has 0 unspecified atom stereocenters. The molecule has 0 saturated heterocycles. The maximum Gasteiger partial charge on any atom is 0.312 e. The van der Waals surface area contributed by atoms with Gasteiger partial charge in [-0.1, -0.05) is 12.1 Å². The van der Waals surface area contributed by atoms with Crippen LogP contribution >= 0.6 is 0 Å². The van der Waals surface area contributed by atoms with Gasteiger partial charge in [-0.05, 0) is 31.5 Å². The molecule has 5 N–H and O–H groups in total. The highest BCUT2D eigenvalue weighted by Gasteiger charge is 2.19. The van der Waals surface area contributed by atoms with Crippen molar-refractivity contribution in [2.45, 2.75) is 25.9 Å². The van der Waals surface area contributed by atoms with Crippen molar-refractivity contribution in [3.05, 3.63) is 35.4 Å². The van der Waals surface area contributed by atoms with Crippen LogP contribution in [0.3, 0.4) is 0 Å². The molecule has 0 fully saturated rings. The Bertz CT molecular complexity index is 455. The summed E-state index contributed by atoms with van der Waals surface area (Å²) >= 11 is 0. The second-order valence-electron chi connectivity index (χ2n) is 4.91. The standard InChI is InChI=1S/C13H19N3O3/c1-13(2,8-17)16-11(18)10-5-3-9(4-6-10)7-15-12(14)19/h3-6,17H,7-8H2,1-2H3,(H,16,18)(H3,14,15,19). The topological polar surface area (TPSA) is 104 Å². The van der Waals surface area contributed by atoms with Crippen molar-refractivity contribution in [3.63, 3.8) is 0 Å². The lowest BCUT2D eigenvalue weighted by Gasteiger charge is -2.23. The van der Waals surface area contributed by atoms with Gasteiger partial charge in [0.1, 0.15) is 0 Å². The highest BCUT2D eigenvalue weighted by Crippen LogP contribution is 2.07. The van der Waals surface area contributed by atoms with Crippen LogP contribution in [-0.2, 0) is 6.54 Å². The van der Waals surface area contributed by atoms with Crippen LogP contribution in [-0.4, -0.2) is 29.2 Å². The van der Waals surface area contributed by atoms with E-state index in [9.17, 15) is 9.59 Å². The van der Waals surface area contributed by atoms with Crippen molar-refractivity contribution in [1.82, 2.24) is 10.6 Å². The molecular weight excluding hydrogens is 246 g/mol. The van der Waals surface area contributed by atoms with Gasteiger partial charge >= 0.3 is 6.03 Å². The zero-order valence-corrected chi connectivity index (χ0v) is 11.1. The van der Waals surface area contributed by atoms with Crippen molar-refractivity contribution in [2.75, 3.05) is 6.61 Å². The van der Waals surface area contributed by atoms with Gasteiger partial charge in [-0.15, -0.1) is 0 Å². The normalized spacial score (nSPS) is 10.9. The van der Waals surface area contributed by atoms with Crippen molar-refractivity contribution in [1.29, 1.82) is 0 Å². The average Bonchev–Trinajstić information content (AvgIpc) is 2.36. The zero-order chi connectivity index (χ0) is 14.5. The number of urea groups is 1. The van der Waals surface area contributed by atoms with E-state index < -0.39 is 11.6 Å². The highest BCUT2D eigenvalue weighted by molar-refractivity contribution is 5.94. The van der Waals surface area contributed by atoms with Crippen LogP contribution in [0.5, 0.6) is 0 Å². The van der Waals surface area contributed by atoms with Gasteiger partial charge in [-0.2, -0.15) is 0 Å². The van der Waals surface area contributed by atoms with E-state index in [1.54, 1.807) is 38.1 Å². The fourth-order valence-corrected chi connectivity index (χ4v) is 1.38. The zero-order valence-electron chi connectivity index (χ0n) is 11.1. The summed E-state index contributed by atoms with van der Waals surface area (Å²) in [4.78, 5) is 22.4. The molecule has 0 radical (unpaired) electrons. The molecule has 0 saturated carbocycles. The number of hydrogen-bond donors (Lipinski definition) is 4. The maximum absolute atomic E-state index is 11.9. The second-order valence-corrected chi connectivity index (χ2v) is 4.91. The molecule has 6 nitrogen and oxygen atoms in total. The van der Waals surface area contributed by atoms with Gasteiger partial charge in [-0.3, -0.25) is 4.79 Å². The summed E-state index contributed by atoms with van der Waals surface area (Å²) in [5.74, 6) is -0.256. The van der Waals surface area contributed by atoms with Crippen LogP contribution in [0.4, 0.5) is 4.79 Å². The number of primary amides is 1. The Morgan fingerprint density at radius 2 is 1.84 bits per heavy atom. The Hall–Kier alpha value is -2.08. The molecule has 19 heavy (non-hydrogen) atoms. The number of carbonyl (C=O) groups excluding carboxylic acids is 2. The predicted octanol–water partition coefficient (Wildman–Crippen LogP) is 0.356. The highest BCUT2D eigenvalue weighted by atomic mass is 16.3. The minimum atomic E-state index is -0.663. The van der Waals surface area contributed by atoms with Crippen molar-refractivity contribution >= 4 is 11.9 Å². The molecule has 0 heterocycles. The Morgan fingerprint density at radius 1 is 1.26 bits per heavy atom. The third-order valence-corrected chi connectivity index (χ3v) is 2.53. The first-order valence-electron chi connectivity index (χ1n) is 5.90. The van der Waals surface area contributed by atoms with Gasteiger partial charge in [0, 0.05) is 12.1 Å². The van der Waals surface area contributed by atoms with Gasteiger partial charge in [0.25, 0.3) is 5.91 Å². The second kappa shape index (κ2) is 6.19. The smallest absolute Gasteiger partial charge is 0.312 e. The molecule has 1 aromatic carbocycles. The van der Waals surface area contributed by atoms with Gasteiger partial charge in [0.05, 0.1) is 12.1 Å². The Morgan fingerprint density at radius 3 is 2.32 bits per heavy atom. The van der Waals surface area contributed by atoms with Gasteiger partial charge in [-0.25, -0.2) is 4.79 Å². The number of nitrogens with two attached hydrogens (primary N) is 1. The lowest BCUT2D eigenvalue weighted by atomic mass is 10.1. The molecule has 6 heteroatoms. The maximum atomic E-state index is 11.9. The summed E-state index contributed by atoms with van der Waals surface area (Å²) in [5, 5.41) is 14.3. The quantitative estimate of drug-likeness (QED) is 0.617. The van der Waals surface area contributed by atoms with E-state index in [1.165, 1.54) is 0 Å². The van der Waals surface area contributed by atoms with Gasteiger partial charge < -0.3 is 21.5 Å². The number of aliphatic hydroxyl groups excluding tert-OH is 1. The fraction of sp³-hybridized carbons (Fsp3) is 0.385. The van der Waals surface area contributed by atoms with Crippen molar-refractivity contribution in [3.8, 4) is 0 Å². The van der Waals surface area contributed by atoms with Crippen molar-refractivity contribution in [2.24, 2.45) is 5.73 Å². The van der Waals surface area contributed by atoms with E-state index >= 15 is 0 Å². The largest absolute Gasteiger partial charge is 0.394 e. The summed E-state index contributed by atoms with van der Waals surface area (Å²) < 4.78 is 0. The van der Waals surface area contributed by atoms with Gasteiger partial charge in [0.2, 0.25) is 0 Å². The van der Waals surface area contributed by atoms with E-state index in [0.29, 0.717) is 12.1 Å². The summed E-state index contributed by atoms with van der Waals surface area (Å²) in [7, 11) is 0. The first kappa shape index (κ1) is 15.0. The lowest BCUT2D eigenvalue weighted by Crippen LogP contribution is -2.46. The molecule has 1 aromatic rings. The average molecular weight is 265 g/mol.